The van der Waals surface area contributed by atoms with Crippen molar-refractivity contribution in [1.29, 1.82) is 0 Å². The highest BCUT2D eigenvalue weighted by molar-refractivity contribution is 7.86. The van der Waals surface area contributed by atoms with Crippen LogP contribution in [0.1, 0.15) is 46.0 Å². The molecule has 42 heavy (non-hydrogen) atoms. The number of halogens is 2. The SMILES string of the molecule is CC(OC(=O)COCC(=O)OC1C2OC(=O)C3C2OC1C3C(=O)OC1(C)CC2CC1C1CCCC21)C(F)(F)S(=O)(=O)O. The zero-order chi connectivity index (χ0) is 30.4. The molecule has 0 spiro atoms. The molecule has 3 heterocycles. The zero-order valence-electron chi connectivity index (χ0n) is 22.8. The number of alkyl halides is 2. The van der Waals surface area contributed by atoms with E-state index in [0.29, 0.717) is 24.7 Å². The molecule has 4 bridgehead atoms. The van der Waals surface area contributed by atoms with E-state index in [0.717, 1.165) is 19.3 Å². The van der Waals surface area contributed by atoms with Gasteiger partial charge in [-0.05, 0) is 57.3 Å². The summed E-state index contributed by atoms with van der Waals surface area (Å²) < 4.78 is 89.1. The van der Waals surface area contributed by atoms with Crippen molar-refractivity contribution >= 4 is 34.0 Å². The monoisotopic (exact) mass is 622 g/mol. The summed E-state index contributed by atoms with van der Waals surface area (Å²) in [6, 6.07) is 0. The lowest BCUT2D eigenvalue weighted by molar-refractivity contribution is -0.180. The number of hydrogen-bond donors (Lipinski definition) is 1. The highest BCUT2D eigenvalue weighted by Gasteiger charge is 2.73. The van der Waals surface area contributed by atoms with Gasteiger partial charge in [-0.1, -0.05) is 6.42 Å². The van der Waals surface area contributed by atoms with E-state index in [1.807, 2.05) is 6.92 Å². The number of carbonyl (C=O) groups is 4. The van der Waals surface area contributed by atoms with E-state index in [-0.39, 0.29) is 5.92 Å². The lowest BCUT2D eigenvalue weighted by atomic mass is 9.73. The van der Waals surface area contributed by atoms with E-state index in [2.05, 4.69) is 4.74 Å². The zero-order valence-corrected chi connectivity index (χ0v) is 23.6. The van der Waals surface area contributed by atoms with Crippen molar-refractivity contribution in [1.82, 2.24) is 0 Å². The van der Waals surface area contributed by atoms with Crippen molar-refractivity contribution in [2.45, 2.75) is 87.3 Å². The second-order valence-electron chi connectivity index (χ2n) is 12.4. The summed E-state index contributed by atoms with van der Waals surface area (Å²) in [6.07, 6.45) is -1.09. The number of esters is 4. The summed E-state index contributed by atoms with van der Waals surface area (Å²) in [5.41, 5.74) is -0.644. The van der Waals surface area contributed by atoms with Gasteiger partial charge in [0.2, 0.25) is 0 Å². The molecule has 0 aromatic rings. The van der Waals surface area contributed by atoms with Gasteiger partial charge < -0.3 is 28.4 Å². The van der Waals surface area contributed by atoms with Crippen LogP contribution in [0.25, 0.3) is 0 Å². The molecule has 13 nitrogen and oxygen atoms in total. The molecule has 3 saturated heterocycles. The van der Waals surface area contributed by atoms with Crippen molar-refractivity contribution in [3.63, 3.8) is 0 Å². The molecule has 0 amide bonds. The Balaban J connectivity index is 1.04. The van der Waals surface area contributed by atoms with E-state index in [4.69, 9.17) is 28.2 Å². The molecule has 3 aliphatic carbocycles. The van der Waals surface area contributed by atoms with Crippen LogP contribution in [0, 0.1) is 35.5 Å². The average molecular weight is 623 g/mol. The van der Waals surface area contributed by atoms with Crippen LogP contribution < -0.4 is 0 Å². The van der Waals surface area contributed by atoms with Gasteiger partial charge in [-0.3, -0.25) is 14.1 Å². The van der Waals surface area contributed by atoms with Crippen LogP contribution in [0.3, 0.4) is 0 Å². The fourth-order valence-corrected chi connectivity index (χ4v) is 8.92. The molecule has 234 valence electrons. The molecule has 0 radical (unpaired) electrons. The first-order valence-corrected chi connectivity index (χ1v) is 15.5. The second-order valence-corrected chi connectivity index (χ2v) is 13.9. The minimum Gasteiger partial charge on any atom is -0.459 e. The van der Waals surface area contributed by atoms with Gasteiger partial charge in [-0.15, -0.1) is 0 Å². The van der Waals surface area contributed by atoms with E-state index in [1.54, 1.807) is 0 Å². The van der Waals surface area contributed by atoms with Crippen LogP contribution in [0.2, 0.25) is 0 Å². The Kier molecular flexibility index (Phi) is 7.10. The van der Waals surface area contributed by atoms with E-state index >= 15 is 0 Å². The van der Waals surface area contributed by atoms with Gasteiger partial charge in [-0.25, -0.2) is 9.59 Å². The van der Waals surface area contributed by atoms with Crippen LogP contribution in [-0.4, -0.2) is 91.4 Å². The molecule has 12 unspecified atom stereocenters. The summed E-state index contributed by atoms with van der Waals surface area (Å²) in [5, 5.41) is -4.76. The van der Waals surface area contributed by atoms with Crippen LogP contribution >= 0.6 is 0 Å². The van der Waals surface area contributed by atoms with Crippen molar-refractivity contribution in [2.75, 3.05) is 13.2 Å². The summed E-state index contributed by atoms with van der Waals surface area (Å²) in [4.78, 5) is 50.5. The van der Waals surface area contributed by atoms with Crippen molar-refractivity contribution in [2.24, 2.45) is 35.5 Å². The van der Waals surface area contributed by atoms with Gasteiger partial charge in [0.1, 0.15) is 42.9 Å². The minimum atomic E-state index is -5.84. The Hall–Kier alpha value is -2.43. The normalized spacial score (nSPS) is 41.9. The predicted molar refractivity (Wildman–Crippen MR) is 130 cm³/mol. The molecule has 1 N–H and O–H groups in total. The second kappa shape index (κ2) is 10.1. The lowest BCUT2D eigenvalue weighted by Crippen LogP contribution is -2.51. The largest absolute Gasteiger partial charge is 0.459 e. The summed E-state index contributed by atoms with van der Waals surface area (Å²) in [7, 11) is -5.84. The molecule has 6 aliphatic rings. The molecule has 0 aromatic carbocycles. The van der Waals surface area contributed by atoms with Gasteiger partial charge in [0.15, 0.2) is 18.3 Å². The molecule has 16 heteroatoms. The first-order valence-electron chi connectivity index (χ1n) is 14.0. The Morgan fingerprint density at radius 1 is 1.12 bits per heavy atom. The van der Waals surface area contributed by atoms with E-state index in [9.17, 15) is 36.4 Å². The lowest BCUT2D eigenvalue weighted by Gasteiger charge is -2.41. The Labute approximate surface area is 239 Å². The molecule has 0 aromatic heterocycles. The van der Waals surface area contributed by atoms with Crippen molar-refractivity contribution < 1.29 is 69.4 Å². The quantitative estimate of drug-likeness (QED) is 0.208. The Morgan fingerprint density at radius 2 is 1.81 bits per heavy atom. The molecule has 6 fully saturated rings. The van der Waals surface area contributed by atoms with Gasteiger partial charge in [0.05, 0.1) is 0 Å². The topological polar surface area (TPSA) is 178 Å². The Morgan fingerprint density at radius 3 is 2.52 bits per heavy atom. The predicted octanol–water partition coefficient (Wildman–Crippen LogP) is 1.02. The highest BCUT2D eigenvalue weighted by Crippen LogP contribution is 2.63. The van der Waals surface area contributed by atoms with E-state index < -0.39 is 100 Å². The molecular formula is C26H32F2O13S. The highest BCUT2D eigenvalue weighted by atomic mass is 32.2. The van der Waals surface area contributed by atoms with E-state index in [1.165, 1.54) is 12.8 Å². The third-order valence-corrected chi connectivity index (χ3v) is 11.1. The summed E-state index contributed by atoms with van der Waals surface area (Å²) in [6.45, 7) is 0.634. The van der Waals surface area contributed by atoms with Gasteiger partial charge in [0, 0.05) is 5.92 Å². The molecule has 12 atom stereocenters. The number of fused-ring (bicyclic) bond motifs is 6. The maximum atomic E-state index is 13.6. The third kappa shape index (κ3) is 4.59. The van der Waals surface area contributed by atoms with Crippen molar-refractivity contribution in [3.8, 4) is 0 Å². The first kappa shape index (κ1) is 29.6. The summed E-state index contributed by atoms with van der Waals surface area (Å²) in [5.74, 6) is -3.60. The standard InChI is InChI=1S/C26H32F2O13S/c1-10(26(27,28)42(33,34)35)37-15(29)8-36-9-16(30)38-21-20-18(17-19(39-20)22(21)40-23(17)31)24(32)41-25(2)7-11-6-14(25)13-5-3-4-12(11)13/h10-14,17-22H,3-9H2,1-2H3,(H,33,34,35). The number of hydrogen-bond acceptors (Lipinski definition) is 12. The van der Waals surface area contributed by atoms with Crippen LogP contribution in [-0.2, 0) is 57.7 Å². The minimum absolute atomic E-state index is 0.265. The average Bonchev–Trinajstić information content (AvgIpc) is 3.69. The molecule has 3 saturated carbocycles. The molecule has 6 rings (SSSR count). The Bertz CT molecular complexity index is 1290. The number of rotatable bonds is 10. The fourth-order valence-electron chi connectivity index (χ4n) is 8.45. The summed E-state index contributed by atoms with van der Waals surface area (Å²) >= 11 is 0. The smallest absolute Gasteiger partial charge is 0.405 e. The number of ether oxygens (including phenoxy) is 6. The van der Waals surface area contributed by atoms with Crippen LogP contribution in [0.4, 0.5) is 8.78 Å². The van der Waals surface area contributed by atoms with Crippen molar-refractivity contribution in [3.05, 3.63) is 0 Å². The van der Waals surface area contributed by atoms with Gasteiger partial charge >= 0.3 is 39.2 Å². The van der Waals surface area contributed by atoms with Crippen LogP contribution in [0.15, 0.2) is 0 Å². The number of carbonyl (C=O) groups excluding carboxylic acids is 4. The fraction of sp³-hybridized carbons (Fsp3) is 0.846. The maximum Gasteiger partial charge on any atom is 0.405 e. The third-order valence-electron chi connectivity index (χ3n) is 10.1. The van der Waals surface area contributed by atoms with Crippen LogP contribution in [0.5, 0.6) is 0 Å². The molecular weight excluding hydrogens is 590 g/mol. The first-order chi connectivity index (χ1) is 19.6. The van der Waals surface area contributed by atoms with Gasteiger partial charge in [-0.2, -0.15) is 17.2 Å². The molecule has 3 aliphatic heterocycles. The maximum absolute atomic E-state index is 13.6. The van der Waals surface area contributed by atoms with Gasteiger partial charge in [0.25, 0.3) is 0 Å².